The lowest BCUT2D eigenvalue weighted by Crippen LogP contribution is -2.20. The van der Waals surface area contributed by atoms with Gasteiger partial charge in [-0.05, 0) is 43.0 Å². The van der Waals surface area contributed by atoms with Gasteiger partial charge >= 0.3 is 6.18 Å². The molecule has 3 N–H and O–H groups in total. The predicted octanol–water partition coefficient (Wildman–Crippen LogP) is 3.80. The fraction of sp³-hybridized carbons (Fsp3) is 0.533. The highest BCUT2D eigenvalue weighted by atomic mass is 19.4. The van der Waals surface area contributed by atoms with Gasteiger partial charge in [-0.2, -0.15) is 13.2 Å². The van der Waals surface area contributed by atoms with Crippen molar-refractivity contribution in [3.8, 4) is 0 Å². The van der Waals surface area contributed by atoms with Gasteiger partial charge in [0.15, 0.2) is 0 Å². The molecule has 1 aromatic rings. The summed E-state index contributed by atoms with van der Waals surface area (Å²) < 4.78 is 37.7. The van der Waals surface area contributed by atoms with E-state index in [2.05, 4.69) is 5.32 Å². The number of nitrogens with two attached hydrogens (primary N) is 1. The smallest absolute Gasteiger partial charge is 0.330 e. The van der Waals surface area contributed by atoms with Crippen LogP contribution in [0.5, 0.6) is 0 Å². The number of carbonyl (C=O) groups excluding carboxylic acids is 1. The SMILES string of the molecule is CC(C)(CCN)CCC(=O)Nc1cccc(C(F)(F)F)c1. The highest BCUT2D eigenvalue weighted by molar-refractivity contribution is 5.90. The van der Waals surface area contributed by atoms with Crippen molar-refractivity contribution in [1.82, 2.24) is 0 Å². The van der Waals surface area contributed by atoms with Crippen molar-refractivity contribution in [3.05, 3.63) is 29.8 Å². The van der Waals surface area contributed by atoms with E-state index in [1.165, 1.54) is 12.1 Å². The summed E-state index contributed by atoms with van der Waals surface area (Å²) in [6, 6.07) is 4.62. The Morgan fingerprint density at radius 1 is 1.24 bits per heavy atom. The molecule has 0 unspecified atom stereocenters. The number of hydrogen-bond donors (Lipinski definition) is 2. The molecule has 0 heterocycles. The Morgan fingerprint density at radius 3 is 2.48 bits per heavy atom. The molecule has 3 nitrogen and oxygen atoms in total. The first-order valence-corrected chi connectivity index (χ1v) is 6.81. The van der Waals surface area contributed by atoms with E-state index >= 15 is 0 Å². The van der Waals surface area contributed by atoms with E-state index in [0.717, 1.165) is 18.6 Å². The highest BCUT2D eigenvalue weighted by Crippen LogP contribution is 2.31. The molecule has 0 atom stereocenters. The molecule has 0 fully saturated rings. The molecule has 1 aromatic carbocycles. The summed E-state index contributed by atoms with van der Waals surface area (Å²) in [5.74, 6) is -0.292. The summed E-state index contributed by atoms with van der Waals surface area (Å²) in [7, 11) is 0. The minimum absolute atomic E-state index is 0.0556. The molecule has 1 amide bonds. The maximum atomic E-state index is 12.6. The number of halogens is 3. The third-order valence-corrected chi connectivity index (χ3v) is 3.32. The highest BCUT2D eigenvalue weighted by Gasteiger charge is 2.30. The Kier molecular flexibility index (Phi) is 5.78. The summed E-state index contributed by atoms with van der Waals surface area (Å²) in [5, 5.41) is 2.50. The van der Waals surface area contributed by atoms with Crippen LogP contribution in [0.4, 0.5) is 18.9 Å². The second kappa shape index (κ2) is 6.93. The molecule has 118 valence electrons. The third kappa shape index (κ3) is 6.16. The van der Waals surface area contributed by atoms with Gasteiger partial charge in [0.1, 0.15) is 0 Å². The van der Waals surface area contributed by atoms with Crippen LogP contribution in [0.1, 0.15) is 38.7 Å². The molecule has 0 aliphatic carbocycles. The summed E-state index contributed by atoms with van der Waals surface area (Å²) in [6.07, 6.45) is -2.73. The van der Waals surface area contributed by atoms with Crippen LogP contribution < -0.4 is 11.1 Å². The number of nitrogens with one attached hydrogen (secondary N) is 1. The second-order valence-corrected chi connectivity index (χ2v) is 5.83. The normalized spacial score (nSPS) is 12.3. The fourth-order valence-corrected chi connectivity index (χ4v) is 1.96. The van der Waals surface area contributed by atoms with Crippen molar-refractivity contribution >= 4 is 11.6 Å². The second-order valence-electron chi connectivity index (χ2n) is 5.83. The maximum Gasteiger partial charge on any atom is 0.416 e. The van der Waals surface area contributed by atoms with Crippen LogP contribution in [0, 0.1) is 5.41 Å². The molecule has 6 heteroatoms. The van der Waals surface area contributed by atoms with Crippen LogP contribution >= 0.6 is 0 Å². The fourth-order valence-electron chi connectivity index (χ4n) is 1.96. The molecule has 0 aliphatic rings. The van der Waals surface area contributed by atoms with Crippen molar-refractivity contribution in [2.45, 2.75) is 39.3 Å². The van der Waals surface area contributed by atoms with E-state index in [9.17, 15) is 18.0 Å². The molecule has 0 saturated carbocycles. The van der Waals surface area contributed by atoms with Crippen molar-refractivity contribution in [3.63, 3.8) is 0 Å². The lowest BCUT2D eigenvalue weighted by Gasteiger charge is -2.23. The van der Waals surface area contributed by atoms with Crippen molar-refractivity contribution in [2.24, 2.45) is 11.1 Å². The van der Waals surface area contributed by atoms with E-state index < -0.39 is 11.7 Å². The number of anilines is 1. The molecule has 0 aromatic heterocycles. The minimum Gasteiger partial charge on any atom is -0.330 e. The first kappa shape index (κ1) is 17.5. The number of hydrogen-bond acceptors (Lipinski definition) is 2. The van der Waals surface area contributed by atoms with Gasteiger partial charge in [-0.3, -0.25) is 4.79 Å². The molecule has 1 rings (SSSR count). The van der Waals surface area contributed by atoms with Crippen LogP contribution in [-0.4, -0.2) is 12.5 Å². The topological polar surface area (TPSA) is 55.1 Å². The van der Waals surface area contributed by atoms with E-state index in [-0.39, 0.29) is 23.4 Å². The summed E-state index contributed by atoms with van der Waals surface area (Å²) in [6.45, 7) is 4.57. The van der Waals surface area contributed by atoms with Gasteiger partial charge < -0.3 is 11.1 Å². The molecule has 0 bridgehead atoms. The molecule has 0 spiro atoms. The van der Waals surface area contributed by atoms with E-state index in [0.29, 0.717) is 13.0 Å². The maximum absolute atomic E-state index is 12.6. The Hall–Kier alpha value is -1.56. The van der Waals surface area contributed by atoms with Crippen LogP contribution in [-0.2, 0) is 11.0 Å². The number of carbonyl (C=O) groups is 1. The van der Waals surface area contributed by atoms with E-state index in [1.54, 1.807) is 0 Å². The van der Waals surface area contributed by atoms with Crippen LogP contribution in [0.25, 0.3) is 0 Å². The average Bonchev–Trinajstić information content (AvgIpc) is 2.36. The van der Waals surface area contributed by atoms with E-state index in [1.807, 2.05) is 13.8 Å². The number of benzene rings is 1. The predicted molar refractivity (Wildman–Crippen MR) is 76.8 cm³/mol. The molecular weight excluding hydrogens is 281 g/mol. The summed E-state index contributed by atoms with van der Waals surface area (Å²) >= 11 is 0. The molecular formula is C15H21F3N2O. The van der Waals surface area contributed by atoms with Crippen LogP contribution in [0.3, 0.4) is 0 Å². The van der Waals surface area contributed by atoms with Gasteiger partial charge in [-0.1, -0.05) is 19.9 Å². The number of amides is 1. The Balaban J connectivity index is 2.60. The molecule has 21 heavy (non-hydrogen) atoms. The zero-order chi connectivity index (χ0) is 16.1. The standard InChI is InChI=1S/C15H21F3N2O/c1-14(2,8-9-19)7-6-13(21)20-12-5-3-4-11(10-12)15(16,17)18/h3-5,10H,6-9,19H2,1-2H3,(H,20,21). The van der Waals surface area contributed by atoms with Crippen molar-refractivity contribution in [1.29, 1.82) is 0 Å². The third-order valence-electron chi connectivity index (χ3n) is 3.32. The number of rotatable bonds is 6. The first-order valence-electron chi connectivity index (χ1n) is 6.81. The molecule has 0 aliphatic heterocycles. The summed E-state index contributed by atoms with van der Waals surface area (Å²) in [4.78, 5) is 11.8. The Labute approximate surface area is 122 Å². The summed E-state index contributed by atoms with van der Waals surface area (Å²) in [5.41, 5.74) is 4.82. The van der Waals surface area contributed by atoms with Crippen molar-refractivity contribution < 1.29 is 18.0 Å². The van der Waals surface area contributed by atoms with Gasteiger partial charge in [-0.25, -0.2) is 0 Å². The first-order chi connectivity index (χ1) is 9.64. The zero-order valence-electron chi connectivity index (χ0n) is 12.3. The average molecular weight is 302 g/mol. The van der Waals surface area contributed by atoms with Gasteiger partial charge in [0.05, 0.1) is 5.56 Å². The van der Waals surface area contributed by atoms with Gasteiger partial charge in [-0.15, -0.1) is 0 Å². The quantitative estimate of drug-likeness (QED) is 0.839. The minimum atomic E-state index is -4.41. The van der Waals surface area contributed by atoms with Crippen LogP contribution in [0.15, 0.2) is 24.3 Å². The van der Waals surface area contributed by atoms with Gasteiger partial charge in [0.2, 0.25) is 5.91 Å². The Bertz CT molecular complexity index is 484. The largest absolute Gasteiger partial charge is 0.416 e. The van der Waals surface area contributed by atoms with E-state index in [4.69, 9.17) is 5.73 Å². The van der Waals surface area contributed by atoms with Gasteiger partial charge in [0.25, 0.3) is 0 Å². The zero-order valence-corrected chi connectivity index (χ0v) is 12.3. The lowest BCUT2D eigenvalue weighted by atomic mass is 9.84. The van der Waals surface area contributed by atoms with Crippen LogP contribution in [0.2, 0.25) is 0 Å². The molecule has 0 radical (unpaired) electrons. The monoisotopic (exact) mass is 302 g/mol. The van der Waals surface area contributed by atoms with Crippen molar-refractivity contribution in [2.75, 3.05) is 11.9 Å². The Morgan fingerprint density at radius 2 is 1.90 bits per heavy atom. The lowest BCUT2D eigenvalue weighted by molar-refractivity contribution is -0.137. The molecule has 0 saturated heterocycles. The van der Waals surface area contributed by atoms with Gasteiger partial charge in [0, 0.05) is 12.1 Å². The number of alkyl halides is 3.